The first-order valence-electron chi connectivity index (χ1n) is 6.56. The van der Waals surface area contributed by atoms with Crippen LogP contribution in [-0.4, -0.2) is 17.0 Å². The quantitative estimate of drug-likeness (QED) is 0.793. The molecule has 0 amide bonds. The van der Waals surface area contributed by atoms with Crippen LogP contribution < -0.4 is 10.1 Å². The lowest BCUT2D eigenvalue weighted by molar-refractivity contribution is 0.304. The first kappa shape index (κ1) is 13.6. The summed E-state index contributed by atoms with van der Waals surface area (Å²) in [5.41, 5.74) is 0.771. The molecule has 1 N–H and O–H groups in total. The molecule has 0 fully saturated rings. The number of fused-ring (bicyclic) bond motifs is 1. The van der Waals surface area contributed by atoms with Crippen LogP contribution >= 0.6 is 11.6 Å². The molecule has 21 heavy (non-hydrogen) atoms. The fraction of sp³-hybridized carbons (Fsp3) is 0.125. The van der Waals surface area contributed by atoms with Gasteiger partial charge in [-0.3, -0.25) is 4.98 Å². The van der Waals surface area contributed by atoms with Crippen molar-refractivity contribution in [3.8, 4) is 5.75 Å². The van der Waals surface area contributed by atoms with Crippen LogP contribution in [0.15, 0.2) is 48.8 Å². The van der Waals surface area contributed by atoms with Gasteiger partial charge in [-0.15, -0.1) is 0 Å². The van der Waals surface area contributed by atoms with Crippen molar-refractivity contribution < 1.29 is 4.74 Å². The number of benzene rings is 2. The van der Waals surface area contributed by atoms with Gasteiger partial charge in [-0.2, -0.15) is 0 Å². The number of halogens is 1. The van der Waals surface area contributed by atoms with Crippen LogP contribution in [0.25, 0.3) is 10.8 Å². The van der Waals surface area contributed by atoms with Gasteiger partial charge in [0, 0.05) is 22.8 Å². The van der Waals surface area contributed by atoms with Crippen molar-refractivity contribution in [2.45, 2.75) is 6.61 Å². The van der Waals surface area contributed by atoms with Crippen molar-refractivity contribution in [3.63, 3.8) is 0 Å². The molecule has 0 saturated carbocycles. The van der Waals surface area contributed by atoms with Crippen LogP contribution in [0.4, 0.5) is 5.82 Å². The van der Waals surface area contributed by atoms with E-state index in [0.29, 0.717) is 6.61 Å². The third-order valence-electron chi connectivity index (χ3n) is 3.17. The van der Waals surface area contributed by atoms with Crippen LogP contribution in [0, 0.1) is 0 Å². The van der Waals surface area contributed by atoms with E-state index >= 15 is 0 Å². The summed E-state index contributed by atoms with van der Waals surface area (Å²) in [4.78, 5) is 8.50. The molecule has 1 aromatic heterocycles. The van der Waals surface area contributed by atoms with E-state index < -0.39 is 0 Å². The average molecular weight is 300 g/mol. The van der Waals surface area contributed by atoms with Gasteiger partial charge in [-0.25, -0.2) is 4.98 Å². The highest BCUT2D eigenvalue weighted by Gasteiger charge is 2.06. The van der Waals surface area contributed by atoms with Gasteiger partial charge in [0.05, 0.1) is 18.1 Å². The molecule has 1 heterocycles. The summed E-state index contributed by atoms with van der Waals surface area (Å²) in [6.07, 6.45) is 3.38. The molecule has 2 aromatic carbocycles. The minimum atomic E-state index is 0.364. The lowest BCUT2D eigenvalue weighted by Crippen LogP contribution is -2.01. The number of nitrogens with zero attached hydrogens (tertiary/aromatic N) is 2. The number of nitrogens with one attached hydrogen (secondary N) is 1. The highest BCUT2D eigenvalue weighted by molar-refractivity contribution is 6.35. The fourth-order valence-electron chi connectivity index (χ4n) is 2.07. The first-order chi connectivity index (χ1) is 10.3. The van der Waals surface area contributed by atoms with Crippen molar-refractivity contribution in [1.82, 2.24) is 9.97 Å². The molecule has 0 aliphatic heterocycles. The zero-order chi connectivity index (χ0) is 14.7. The summed E-state index contributed by atoms with van der Waals surface area (Å²) in [5.74, 6) is 1.52. The van der Waals surface area contributed by atoms with E-state index in [4.69, 9.17) is 16.3 Å². The third kappa shape index (κ3) is 2.90. The number of ether oxygens (including phenoxy) is 1. The molecule has 0 saturated heterocycles. The molecule has 3 rings (SSSR count). The monoisotopic (exact) mass is 299 g/mol. The predicted octanol–water partition coefficient (Wildman–Crippen LogP) is 3.90. The Morgan fingerprint density at radius 2 is 1.86 bits per heavy atom. The molecule has 5 heteroatoms. The van der Waals surface area contributed by atoms with Gasteiger partial charge in [-0.1, -0.05) is 35.9 Å². The van der Waals surface area contributed by atoms with E-state index in [9.17, 15) is 0 Å². The molecular formula is C16H14ClN3O. The first-order valence-corrected chi connectivity index (χ1v) is 6.94. The Morgan fingerprint density at radius 3 is 2.57 bits per heavy atom. The lowest BCUT2D eigenvalue weighted by Gasteiger charge is -2.10. The van der Waals surface area contributed by atoms with Crippen molar-refractivity contribution in [2.75, 3.05) is 12.4 Å². The molecule has 106 valence electrons. The van der Waals surface area contributed by atoms with Crippen molar-refractivity contribution >= 4 is 28.2 Å². The van der Waals surface area contributed by atoms with E-state index in [1.165, 1.54) is 0 Å². The van der Waals surface area contributed by atoms with Crippen LogP contribution in [0.2, 0.25) is 5.02 Å². The second kappa shape index (κ2) is 5.97. The Hall–Kier alpha value is -2.33. The summed E-state index contributed by atoms with van der Waals surface area (Å²) < 4.78 is 5.85. The Labute approximate surface area is 127 Å². The Kier molecular flexibility index (Phi) is 3.88. The van der Waals surface area contributed by atoms with Gasteiger partial charge >= 0.3 is 0 Å². The number of rotatable bonds is 4. The van der Waals surface area contributed by atoms with Gasteiger partial charge < -0.3 is 10.1 Å². The summed E-state index contributed by atoms with van der Waals surface area (Å²) in [7, 11) is 1.81. The minimum Gasteiger partial charge on any atom is -0.487 e. The van der Waals surface area contributed by atoms with Crippen molar-refractivity contribution in [2.24, 2.45) is 0 Å². The molecule has 0 aliphatic carbocycles. The van der Waals surface area contributed by atoms with Crippen LogP contribution in [-0.2, 0) is 6.61 Å². The topological polar surface area (TPSA) is 47.0 Å². The van der Waals surface area contributed by atoms with Crippen LogP contribution in [0.1, 0.15) is 5.69 Å². The van der Waals surface area contributed by atoms with Gasteiger partial charge in [0.15, 0.2) is 0 Å². The number of hydrogen-bond donors (Lipinski definition) is 1. The van der Waals surface area contributed by atoms with Crippen LogP contribution in [0.5, 0.6) is 5.75 Å². The van der Waals surface area contributed by atoms with Gasteiger partial charge in [-0.05, 0) is 12.1 Å². The maximum atomic E-state index is 6.19. The third-order valence-corrected chi connectivity index (χ3v) is 3.50. The second-order valence-corrected chi connectivity index (χ2v) is 4.93. The number of aromatic nitrogens is 2. The molecule has 0 spiro atoms. The SMILES string of the molecule is CNc1cnc(COc2ccc(Cl)c3ccccc23)cn1. The molecule has 0 radical (unpaired) electrons. The summed E-state index contributed by atoms with van der Waals surface area (Å²) in [6, 6.07) is 11.6. The maximum Gasteiger partial charge on any atom is 0.144 e. The highest BCUT2D eigenvalue weighted by Crippen LogP contribution is 2.31. The fourth-order valence-corrected chi connectivity index (χ4v) is 2.30. The minimum absolute atomic E-state index is 0.364. The van der Waals surface area contributed by atoms with E-state index in [1.54, 1.807) is 19.4 Å². The highest BCUT2D eigenvalue weighted by atomic mass is 35.5. The Balaban J connectivity index is 1.83. The molecular weight excluding hydrogens is 286 g/mol. The van der Waals surface area contributed by atoms with Gasteiger partial charge in [0.2, 0.25) is 0 Å². The molecule has 3 aromatic rings. The zero-order valence-electron chi connectivity index (χ0n) is 11.5. The number of anilines is 1. The molecule has 4 nitrogen and oxygen atoms in total. The Morgan fingerprint density at radius 1 is 1.05 bits per heavy atom. The van der Waals surface area contributed by atoms with E-state index in [2.05, 4.69) is 15.3 Å². The van der Waals surface area contributed by atoms with E-state index in [1.807, 2.05) is 36.4 Å². The molecule has 0 atom stereocenters. The van der Waals surface area contributed by atoms with E-state index in [0.717, 1.165) is 33.1 Å². The Bertz CT molecular complexity index is 759. The lowest BCUT2D eigenvalue weighted by atomic mass is 10.1. The molecule has 0 unspecified atom stereocenters. The summed E-state index contributed by atoms with van der Waals surface area (Å²) >= 11 is 6.19. The van der Waals surface area contributed by atoms with Gasteiger partial charge in [0.1, 0.15) is 18.2 Å². The molecule has 0 aliphatic rings. The van der Waals surface area contributed by atoms with Crippen molar-refractivity contribution in [3.05, 3.63) is 59.5 Å². The molecule has 0 bridgehead atoms. The standard InChI is InChI=1S/C16H14ClN3O/c1-18-16-9-19-11(8-20-16)10-21-15-7-6-14(17)12-4-2-3-5-13(12)15/h2-9H,10H2,1H3,(H,18,20). The van der Waals surface area contributed by atoms with Crippen LogP contribution in [0.3, 0.4) is 0 Å². The van der Waals surface area contributed by atoms with Gasteiger partial charge in [0.25, 0.3) is 0 Å². The summed E-state index contributed by atoms with van der Waals surface area (Å²) in [5, 5.41) is 5.62. The normalized spacial score (nSPS) is 10.6. The average Bonchev–Trinajstić information content (AvgIpc) is 2.55. The predicted molar refractivity (Wildman–Crippen MR) is 84.9 cm³/mol. The second-order valence-electron chi connectivity index (χ2n) is 4.52. The van der Waals surface area contributed by atoms with E-state index in [-0.39, 0.29) is 0 Å². The largest absolute Gasteiger partial charge is 0.487 e. The maximum absolute atomic E-state index is 6.19. The summed E-state index contributed by atoms with van der Waals surface area (Å²) in [6.45, 7) is 0.364. The zero-order valence-corrected chi connectivity index (χ0v) is 12.3. The van der Waals surface area contributed by atoms with Crippen molar-refractivity contribution in [1.29, 1.82) is 0 Å². The number of hydrogen-bond acceptors (Lipinski definition) is 4. The smallest absolute Gasteiger partial charge is 0.144 e.